The highest BCUT2D eigenvalue weighted by Gasteiger charge is 2.08. The largest absolute Gasteiger partial charge is 0.261 e. The number of aryl methyl sites for hydroxylation is 2. The van der Waals surface area contributed by atoms with Gasteiger partial charge in [-0.05, 0) is 31.5 Å². The van der Waals surface area contributed by atoms with Gasteiger partial charge in [-0.3, -0.25) is 4.98 Å². The Balaban J connectivity index is 2.69. The Morgan fingerprint density at radius 2 is 1.87 bits per heavy atom. The first-order chi connectivity index (χ1) is 7.20. The number of halogens is 1. The van der Waals surface area contributed by atoms with Crippen LogP contribution in [0.25, 0.3) is 11.1 Å². The molecule has 0 N–H and O–H groups in total. The summed E-state index contributed by atoms with van der Waals surface area (Å²) in [7, 11) is 0. The lowest BCUT2D eigenvalue weighted by Crippen LogP contribution is -1.90. The van der Waals surface area contributed by atoms with Gasteiger partial charge in [0.15, 0.2) is 0 Å². The van der Waals surface area contributed by atoms with E-state index in [0.29, 0.717) is 0 Å². The van der Waals surface area contributed by atoms with Crippen LogP contribution < -0.4 is 0 Å². The maximum atomic E-state index is 6.21. The molecule has 0 radical (unpaired) electrons. The van der Waals surface area contributed by atoms with Crippen LogP contribution in [-0.2, 0) is 0 Å². The zero-order valence-corrected chi connectivity index (χ0v) is 9.55. The highest BCUT2D eigenvalue weighted by molar-refractivity contribution is 6.33. The van der Waals surface area contributed by atoms with Gasteiger partial charge in [-0.2, -0.15) is 0 Å². The Morgan fingerprint density at radius 3 is 2.53 bits per heavy atom. The molecule has 1 heterocycles. The smallest absolute Gasteiger partial charge is 0.0487 e. The van der Waals surface area contributed by atoms with E-state index >= 15 is 0 Å². The molecule has 2 rings (SSSR count). The van der Waals surface area contributed by atoms with Crippen molar-refractivity contribution in [2.24, 2.45) is 0 Å². The second kappa shape index (κ2) is 4.03. The second-order valence-corrected chi connectivity index (χ2v) is 3.98. The lowest BCUT2D eigenvalue weighted by Gasteiger charge is -2.10. The number of hydrogen-bond donors (Lipinski definition) is 0. The predicted octanol–water partition coefficient (Wildman–Crippen LogP) is 4.02. The van der Waals surface area contributed by atoms with Gasteiger partial charge in [0.05, 0.1) is 0 Å². The van der Waals surface area contributed by atoms with Crippen LogP contribution in [0, 0.1) is 13.8 Å². The van der Waals surface area contributed by atoms with Crippen LogP contribution in [0.3, 0.4) is 0 Å². The minimum Gasteiger partial charge on any atom is -0.261 e. The molecule has 1 nitrogen and oxygen atoms in total. The summed E-state index contributed by atoms with van der Waals surface area (Å²) >= 11 is 6.21. The molecule has 15 heavy (non-hydrogen) atoms. The average molecular weight is 218 g/mol. The van der Waals surface area contributed by atoms with Crippen molar-refractivity contribution in [1.82, 2.24) is 4.98 Å². The van der Waals surface area contributed by atoms with Crippen molar-refractivity contribution in [3.63, 3.8) is 0 Å². The molecule has 0 aliphatic carbocycles. The van der Waals surface area contributed by atoms with Crippen molar-refractivity contribution < 1.29 is 0 Å². The lowest BCUT2D eigenvalue weighted by molar-refractivity contribution is 1.20. The standard InChI is InChI=1S/C13H12ClN/c1-9-5-3-7-12(14)13(9)11-6-4-8-15-10(11)2/h3-8H,1-2H3. The number of hydrogen-bond acceptors (Lipinski definition) is 1. The Kier molecular flexibility index (Phi) is 2.74. The van der Waals surface area contributed by atoms with Crippen LogP contribution in [0.2, 0.25) is 5.02 Å². The van der Waals surface area contributed by atoms with Gasteiger partial charge in [-0.25, -0.2) is 0 Å². The van der Waals surface area contributed by atoms with Gasteiger partial charge in [-0.1, -0.05) is 29.8 Å². The van der Waals surface area contributed by atoms with Crippen LogP contribution in [-0.4, -0.2) is 4.98 Å². The Morgan fingerprint density at radius 1 is 1.07 bits per heavy atom. The maximum absolute atomic E-state index is 6.21. The molecule has 0 saturated heterocycles. The number of aromatic nitrogens is 1. The van der Waals surface area contributed by atoms with E-state index in [2.05, 4.69) is 24.0 Å². The van der Waals surface area contributed by atoms with Crippen molar-refractivity contribution in [2.45, 2.75) is 13.8 Å². The van der Waals surface area contributed by atoms with Crippen LogP contribution in [0.4, 0.5) is 0 Å². The molecule has 0 spiro atoms. The normalized spacial score (nSPS) is 10.3. The highest BCUT2D eigenvalue weighted by atomic mass is 35.5. The molecule has 0 amide bonds. The first-order valence-electron chi connectivity index (χ1n) is 4.87. The molecule has 2 heteroatoms. The van der Waals surface area contributed by atoms with Gasteiger partial charge in [0.25, 0.3) is 0 Å². The lowest BCUT2D eigenvalue weighted by atomic mass is 10.00. The molecule has 1 aromatic heterocycles. The van der Waals surface area contributed by atoms with Gasteiger partial charge < -0.3 is 0 Å². The predicted molar refractivity (Wildman–Crippen MR) is 64.2 cm³/mol. The molecule has 1 aromatic carbocycles. The summed E-state index contributed by atoms with van der Waals surface area (Å²) < 4.78 is 0. The van der Waals surface area contributed by atoms with E-state index in [-0.39, 0.29) is 0 Å². The molecule has 0 aliphatic heterocycles. The Bertz CT molecular complexity index is 471. The van der Waals surface area contributed by atoms with Crippen molar-refractivity contribution in [3.8, 4) is 11.1 Å². The molecule has 0 bridgehead atoms. The van der Waals surface area contributed by atoms with E-state index < -0.39 is 0 Å². The molecule has 0 unspecified atom stereocenters. The summed E-state index contributed by atoms with van der Waals surface area (Å²) in [6, 6.07) is 9.93. The van der Waals surface area contributed by atoms with Crippen LogP contribution in [0.15, 0.2) is 36.5 Å². The third kappa shape index (κ3) is 1.88. The van der Waals surface area contributed by atoms with Gasteiger partial charge in [0, 0.05) is 28.0 Å². The topological polar surface area (TPSA) is 12.9 Å². The Hall–Kier alpha value is -1.34. The van der Waals surface area contributed by atoms with Crippen molar-refractivity contribution in [2.75, 3.05) is 0 Å². The van der Waals surface area contributed by atoms with Crippen LogP contribution >= 0.6 is 11.6 Å². The number of benzene rings is 1. The molecular weight excluding hydrogens is 206 g/mol. The molecule has 0 fully saturated rings. The number of pyridine rings is 1. The third-order valence-corrected chi connectivity index (χ3v) is 2.81. The van der Waals surface area contributed by atoms with E-state index in [1.165, 1.54) is 5.56 Å². The molecule has 2 aromatic rings. The van der Waals surface area contributed by atoms with Gasteiger partial charge in [0.1, 0.15) is 0 Å². The molecular formula is C13H12ClN. The molecule has 76 valence electrons. The summed E-state index contributed by atoms with van der Waals surface area (Å²) in [4.78, 5) is 4.28. The van der Waals surface area contributed by atoms with Gasteiger partial charge in [-0.15, -0.1) is 0 Å². The minimum absolute atomic E-state index is 0.783. The maximum Gasteiger partial charge on any atom is 0.0487 e. The van der Waals surface area contributed by atoms with Crippen molar-refractivity contribution in [3.05, 3.63) is 52.8 Å². The SMILES string of the molecule is Cc1cccc(Cl)c1-c1cccnc1C. The second-order valence-electron chi connectivity index (χ2n) is 3.57. The van der Waals surface area contributed by atoms with Crippen molar-refractivity contribution >= 4 is 11.6 Å². The first-order valence-corrected chi connectivity index (χ1v) is 5.25. The zero-order valence-electron chi connectivity index (χ0n) is 8.79. The number of nitrogens with zero attached hydrogens (tertiary/aromatic N) is 1. The Labute approximate surface area is 94.7 Å². The molecule has 0 saturated carbocycles. The first kappa shape index (κ1) is 10.2. The van der Waals surface area contributed by atoms with Gasteiger partial charge >= 0.3 is 0 Å². The summed E-state index contributed by atoms with van der Waals surface area (Å²) in [6.45, 7) is 4.06. The van der Waals surface area contributed by atoms with E-state index in [9.17, 15) is 0 Å². The summed E-state index contributed by atoms with van der Waals surface area (Å²) in [6.07, 6.45) is 1.80. The van der Waals surface area contributed by atoms with E-state index in [1.807, 2.05) is 25.1 Å². The van der Waals surface area contributed by atoms with Gasteiger partial charge in [0.2, 0.25) is 0 Å². The summed E-state index contributed by atoms with van der Waals surface area (Å²) in [5, 5.41) is 0.783. The third-order valence-electron chi connectivity index (χ3n) is 2.50. The number of rotatable bonds is 1. The minimum atomic E-state index is 0.783. The van der Waals surface area contributed by atoms with Crippen LogP contribution in [0.5, 0.6) is 0 Å². The summed E-state index contributed by atoms with van der Waals surface area (Å²) in [5.41, 5.74) is 4.39. The highest BCUT2D eigenvalue weighted by Crippen LogP contribution is 2.32. The zero-order chi connectivity index (χ0) is 10.8. The summed E-state index contributed by atoms with van der Waals surface area (Å²) in [5.74, 6) is 0. The van der Waals surface area contributed by atoms with E-state index in [4.69, 9.17) is 11.6 Å². The fourth-order valence-corrected chi connectivity index (χ4v) is 2.05. The van der Waals surface area contributed by atoms with Crippen LogP contribution in [0.1, 0.15) is 11.3 Å². The monoisotopic (exact) mass is 217 g/mol. The fraction of sp³-hybridized carbons (Fsp3) is 0.154. The van der Waals surface area contributed by atoms with E-state index in [1.54, 1.807) is 6.20 Å². The van der Waals surface area contributed by atoms with E-state index in [0.717, 1.165) is 21.8 Å². The quantitative estimate of drug-likeness (QED) is 0.703. The van der Waals surface area contributed by atoms with Crippen molar-refractivity contribution in [1.29, 1.82) is 0 Å². The average Bonchev–Trinajstić information content (AvgIpc) is 2.20. The molecule has 0 atom stereocenters. The molecule has 0 aliphatic rings. The fourth-order valence-electron chi connectivity index (χ4n) is 1.72.